The highest BCUT2D eigenvalue weighted by Gasteiger charge is 2.19. The zero-order valence-electron chi connectivity index (χ0n) is 52.2. The van der Waals surface area contributed by atoms with Gasteiger partial charge in [0.15, 0.2) is 6.10 Å². The van der Waals surface area contributed by atoms with Gasteiger partial charge in [0, 0.05) is 19.3 Å². The molecule has 456 valence electrons. The van der Waals surface area contributed by atoms with E-state index in [0.717, 1.165) is 135 Å². The molecule has 81 heavy (non-hydrogen) atoms. The van der Waals surface area contributed by atoms with Crippen LogP contribution >= 0.6 is 0 Å². The molecule has 0 saturated heterocycles. The Bertz CT molecular complexity index is 1810. The molecular weight excluding hydrogens is 997 g/mol. The van der Waals surface area contributed by atoms with E-state index in [1.54, 1.807) is 0 Å². The predicted molar refractivity (Wildman–Crippen MR) is 352 cm³/mol. The van der Waals surface area contributed by atoms with E-state index in [4.69, 9.17) is 14.2 Å². The number of hydrogen-bond acceptors (Lipinski definition) is 6. The highest BCUT2D eigenvalue weighted by molar-refractivity contribution is 5.71. The molecule has 6 heteroatoms. The van der Waals surface area contributed by atoms with Crippen LogP contribution in [0.5, 0.6) is 0 Å². The van der Waals surface area contributed by atoms with Crippen LogP contribution in [0.15, 0.2) is 158 Å². The molecule has 1 atom stereocenters. The Morgan fingerprint density at radius 3 is 0.790 bits per heavy atom. The third kappa shape index (κ3) is 65.7. The van der Waals surface area contributed by atoms with Crippen LogP contribution in [0.3, 0.4) is 0 Å². The van der Waals surface area contributed by atoms with Crippen molar-refractivity contribution in [2.75, 3.05) is 13.2 Å². The summed E-state index contributed by atoms with van der Waals surface area (Å²) in [6, 6.07) is 0. The standard InChI is InChI=1S/C75H120O6/c1-4-7-10-13-16-19-22-24-26-28-29-30-31-32-33-34-35-36-37-38-39-40-41-42-43-44-45-47-48-50-53-56-59-62-65-68-74(77)80-71-72(70-79-73(76)67-64-61-58-55-52-21-18-15-12-9-6-3)81-75(78)69-66-63-60-57-54-51-49-46-27-25-23-20-17-14-11-8-5-2/h7-8,10-11,16-17,19-20,24-27,29-30,32-33,35-36,38-39,41-42,49,51,57,60,72H,4-6,9,12-15,18,21-23,28,31,34,37,40,43-48,50,52-56,58-59,61-71H2,1-3H3/b10-7-,11-8-,19-16-,20-17-,26-24-,27-25-,30-29-,33-32-,36-35-,39-38-,42-41-,51-49-,60-57-. The molecule has 0 aromatic carbocycles. The third-order valence-corrected chi connectivity index (χ3v) is 13.5. The van der Waals surface area contributed by atoms with E-state index in [2.05, 4.69) is 179 Å². The number of carbonyl (C=O) groups excluding carboxylic acids is 3. The molecule has 0 heterocycles. The minimum absolute atomic E-state index is 0.104. The number of rotatable bonds is 58. The molecule has 0 aromatic heterocycles. The maximum Gasteiger partial charge on any atom is 0.306 e. The van der Waals surface area contributed by atoms with Crippen LogP contribution in [0.1, 0.15) is 278 Å². The Morgan fingerprint density at radius 2 is 0.494 bits per heavy atom. The van der Waals surface area contributed by atoms with Gasteiger partial charge in [-0.2, -0.15) is 0 Å². The SMILES string of the molecule is CC/C=C\C/C=C\C/C=C\C/C=C\C/C=C\C/C=C\C/C=C\C/C=C\CCCCCCCCCCCCC(=O)OCC(COC(=O)CCCCCCCCCCCCC)OC(=O)CCC/C=C\C/C=C\C/C=C\C/C=C\C/C=C\CC. The molecule has 0 radical (unpaired) electrons. The maximum absolute atomic E-state index is 12.9. The normalized spacial score (nSPS) is 13.2. The predicted octanol–water partition coefficient (Wildman–Crippen LogP) is 22.9. The zero-order chi connectivity index (χ0) is 58.5. The first-order valence-corrected chi connectivity index (χ1v) is 33.0. The largest absolute Gasteiger partial charge is 0.462 e. The first-order chi connectivity index (χ1) is 40.0. The Labute approximate surface area is 499 Å². The van der Waals surface area contributed by atoms with E-state index >= 15 is 0 Å². The quantitative estimate of drug-likeness (QED) is 0.0261. The van der Waals surface area contributed by atoms with Gasteiger partial charge in [0.05, 0.1) is 0 Å². The van der Waals surface area contributed by atoms with Crippen molar-refractivity contribution in [3.05, 3.63) is 158 Å². The number of unbranched alkanes of at least 4 members (excludes halogenated alkanes) is 21. The van der Waals surface area contributed by atoms with Gasteiger partial charge in [0.25, 0.3) is 0 Å². The molecule has 0 aliphatic rings. The average molecular weight is 1120 g/mol. The van der Waals surface area contributed by atoms with Crippen LogP contribution in [0, 0.1) is 0 Å². The van der Waals surface area contributed by atoms with Crippen LogP contribution in [0.4, 0.5) is 0 Å². The monoisotopic (exact) mass is 1120 g/mol. The zero-order valence-corrected chi connectivity index (χ0v) is 52.2. The number of esters is 3. The van der Waals surface area contributed by atoms with Crippen molar-refractivity contribution >= 4 is 17.9 Å². The van der Waals surface area contributed by atoms with Crippen molar-refractivity contribution in [2.24, 2.45) is 0 Å². The van der Waals surface area contributed by atoms with Crippen molar-refractivity contribution in [3.8, 4) is 0 Å². The molecule has 0 bridgehead atoms. The van der Waals surface area contributed by atoms with Crippen LogP contribution < -0.4 is 0 Å². The summed E-state index contributed by atoms with van der Waals surface area (Å²) in [7, 11) is 0. The first-order valence-electron chi connectivity index (χ1n) is 33.0. The molecule has 6 nitrogen and oxygen atoms in total. The summed E-state index contributed by atoms with van der Waals surface area (Å²) in [4.78, 5) is 38.2. The molecular formula is C75H120O6. The van der Waals surface area contributed by atoms with E-state index in [9.17, 15) is 14.4 Å². The van der Waals surface area contributed by atoms with Crippen LogP contribution in [0.2, 0.25) is 0 Å². The van der Waals surface area contributed by atoms with Gasteiger partial charge in [-0.05, 0) is 122 Å². The average Bonchev–Trinajstić information content (AvgIpc) is 3.47. The molecule has 1 unspecified atom stereocenters. The fourth-order valence-corrected chi connectivity index (χ4v) is 8.67. The molecule has 0 aromatic rings. The van der Waals surface area contributed by atoms with E-state index in [1.165, 1.54) is 96.3 Å². The first kappa shape index (κ1) is 76.0. The molecule has 0 aliphatic carbocycles. The summed E-state index contributed by atoms with van der Waals surface area (Å²) in [5.74, 6) is -0.970. The third-order valence-electron chi connectivity index (χ3n) is 13.5. The summed E-state index contributed by atoms with van der Waals surface area (Å²) in [6.07, 6.45) is 98.4. The lowest BCUT2D eigenvalue weighted by Crippen LogP contribution is -2.30. The van der Waals surface area contributed by atoms with Gasteiger partial charge in [-0.15, -0.1) is 0 Å². The Kier molecular flexibility index (Phi) is 63.4. The van der Waals surface area contributed by atoms with Crippen LogP contribution in [-0.2, 0) is 28.6 Å². The van der Waals surface area contributed by atoms with E-state index in [0.29, 0.717) is 19.3 Å². The van der Waals surface area contributed by atoms with Gasteiger partial charge in [-0.25, -0.2) is 0 Å². The smallest absolute Gasteiger partial charge is 0.306 e. The lowest BCUT2D eigenvalue weighted by Gasteiger charge is -2.18. The summed E-state index contributed by atoms with van der Waals surface area (Å²) in [5.41, 5.74) is 0. The molecule has 0 aliphatic heterocycles. The summed E-state index contributed by atoms with van der Waals surface area (Å²) >= 11 is 0. The number of ether oxygens (including phenoxy) is 3. The van der Waals surface area contributed by atoms with E-state index < -0.39 is 6.10 Å². The van der Waals surface area contributed by atoms with Crippen molar-refractivity contribution in [3.63, 3.8) is 0 Å². The second kappa shape index (κ2) is 67.5. The minimum Gasteiger partial charge on any atom is -0.462 e. The Hall–Kier alpha value is -4.97. The number of carbonyl (C=O) groups is 3. The van der Waals surface area contributed by atoms with Gasteiger partial charge >= 0.3 is 17.9 Å². The summed E-state index contributed by atoms with van der Waals surface area (Å²) < 4.78 is 16.8. The van der Waals surface area contributed by atoms with Crippen molar-refractivity contribution in [2.45, 2.75) is 284 Å². The van der Waals surface area contributed by atoms with Crippen molar-refractivity contribution in [1.29, 1.82) is 0 Å². The second-order valence-electron chi connectivity index (χ2n) is 21.3. The summed E-state index contributed by atoms with van der Waals surface area (Å²) in [6.45, 7) is 6.35. The molecule has 0 amide bonds. The molecule has 0 N–H and O–H groups in total. The van der Waals surface area contributed by atoms with E-state index in [1.807, 2.05) is 0 Å². The topological polar surface area (TPSA) is 78.9 Å². The molecule has 0 fully saturated rings. The van der Waals surface area contributed by atoms with Gasteiger partial charge in [0.1, 0.15) is 13.2 Å². The highest BCUT2D eigenvalue weighted by atomic mass is 16.6. The van der Waals surface area contributed by atoms with Crippen molar-refractivity contribution < 1.29 is 28.6 Å². The summed E-state index contributed by atoms with van der Waals surface area (Å²) in [5, 5.41) is 0. The Balaban J connectivity index is 4.27. The Morgan fingerprint density at radius 1 is 0.259 bits per heavy atom. The van der Waals surface area contributed by atoms with Crippen LogP contribution in [-0.4, -0.2) is 37.2 Å². The van der Waals surface area contributed by atoms with Gasteiger partial charge < -0.3 is 14.2 Å². The minimum atomic E-state index is -0.814. The molecule has 0 rings (SSSR count). The van der Waals surface area contributed by atoms with Gasteiger partial charge in [-0.3, -0.25) is 14.4 Å². The van der Waals surface area contributed by atoms with Crippen molar-refractivity contribution in [1.82, 2.24) is 0 Å². The van der Waals surface area contributed by atoms with Crippen LogP contribution in [0.25, 0.3) is 0 Å². The molecule has 0 saturated carbocycles. The highest BCUT2D eigenvalue weighted by Crippen LogP contribution is 2.15. The number of allylic oxidation sites excluding steroid dienone is 26. The number of hydrogen-bond donors (Lipinski definition) is 0. The maximum atomic E-state index is 12.9. The van der Waals surface area contributed by atoms with Gasteiger partial charge in [0.2, 0.25) is 0 Å². The second-order valence-corrected chi connectivity index (χ2v) is 21.3. The van der Waals surface area contributed by atoms with E-state index in [-0.39, 0.29) is 37.5 Å². The lowest BCUT2D eigenvalue weighted by atomic mass is 10.1. The fraction of sp³-hybridized carbons (Fsp3) is 0.613. The van der Waals surface area contributed by atoms with Gasteiger partial charge in [-0.1, -0.05) is 294 Å². The fourth-order valence-electron chi connectivity index (χ4n) is 8.67. The lowest BCUT2D eigenvalue weighted by molar-refractivity contribution is -0.167. The molecule has 0 spiro atoms.